The predicted molar refractivity (Wildman–Crippen MR) is 107 cm³/mol. The number of amides is 1. The van der Waals surface area contributed by atoms with Gasteiger partial charge in [-0.2, -0.15) is 0 Å². The zero-order valence-corrected chi connectivity index (χ0v) is 16.4. The summed E-state index contributed by atoms with van der Waals surface area (Å²) in [5.41, 5.74) is 1.68. The predicted octanol–water partition coefficient (Wildman–Crippen LogP) is 2.73. The molecular weight excluding hydrogens is 382 g/mol. The fourth-order valence-corrected chi connectivity index (χ4v) is 4.73. The molecule has 0 fully saturated rings. The Balaban J connectivity index is 2.03. The number of hydrogen-bond acceptors (Lipinski definition) is 5. The molecule has 1 aliphatic heterocycles. The normalized spacial score (nSPS) is 14.4. The number of para-hydroxylation sites is 1. The van der Waals surface area contributed by atoms with E-state index in [0.717, 1.165) is 21.8 Å². The van der Waals surface area contributed by atoms with Gasteiger partial charge >= 0.3 is 0 Å². The van der Waals surface area contributed by atoms with E-state index in [-0.39, 0.29) is 23.7 Å². The van der Waals surface area contributed by atoms with E-state index in [4.69, 9.17) is 0 Å². The van der Waals surface area contributed by atoms with E-state index in [9.17, 15) is 23.3 Å². The van der Waals surface area contributed by atoms with Crippen molar-refractivity contribution in [2.75, 3.05) is 22.0 Å². The molecule has 0 saturated heterocycles. The summed E-state index contributed by atoms with van der Waals surface area (Å²) in [5.74, 6) is -0.343. The number of anilines is 2. The molecule has 28 heavy (non-hydrogen) atoms. The average molecular weight is 403 g/mol. The van der Waals surface area contributed by atoms with Crippen LogP contribution in [0.1, 0.15) is 18.9 Å². The number of rotatable bonds is 6. The third-order valence-corrected chi connectivity index (χ3v) is 5.94. The van der Waals surface area contributed by atoms with E-state index in [0.29, 0.717) is 13.0 Å². The second kappa shape index (κ2) is 7.59. The fourth-order valence-electron chi connectivity index (χ4n) is 3.53. The molecule has 8 nitrogen and oxygen atoms in total. The zero-order chi connectivity index (χ0) is 20.5. The van der Waals surface area contributed by atoms with E-state index in [2.05, 4.69) is 0 Å². The van der Waals surface area contributed by atoms with E-state index in [1.54, 1.807) is 11.8 Å². The maximum atomic E-state index is 13.3. The molecule has 0 aliphatic carbocycles. The van der Waals surface area contributed by atoms with Crippen LogP contribution in [-0.4, -0.2) is 38.1 Å². The summed E-state index contributed by atoms with van der Waals surface area (Å²) in [7, 11) is -3.86. The number of nitro benzene ring substituents is 1. The Labute approximate surface area is 163 Å². The molecule has 9 heteroatoms. The first-order valence-corrected chi connectivity index (χ1v) is 10.7. The molecule has 0 bridgehead atoms. The van der Waals surface area contributed by atoms with Crippen molar-refractivity contribution >= 4 is 33.0 Å². The van der Waals surface area contributed by atoms with E-state index in [1.165, 1.54) is 24.3 Å². The lowest BCUT2D eigenvalue weighted by atomic mass is 10.1. The van der Waals surface area contributed by atoms with Gasteiger partial charge in [0.1, 0.15) is 6.04 Å². The number of carbonyl (C=O) groups excluding carboxylic acids is 1. The highest BCUT2D eigenvalue weighted by Crippen LogP contribution is 2.31. The first-order valence-electron chi connectivity index (χ1n) is 8.87. The smallest absolute Gasteiger partial charge is 0.271 e. The molecule has 3 rings (SSSR count). The SMILES string of the molecule is CCC(C(=O)N1CCc2ccccc21)N(c1cccc([N+](=O)[O-])c1)S(C)(=O)=O. The van der Waals surface area contributed by atoms with Crippen molar-refractivity contribution in [2.45, 2.75) is 25.8 Å². The number of non-ortho nitro benzene ring substituents is 1. The van der Waals surface area contributed by atoms with Crippen molar-refractivity contribution in [3.63, 3.8) is 0 Å². The highest BCUT2D eigenvalue weighted by Gasteiger charge is 2.37. The topological polar surface area (TPSA) is 101 Å². The number of hydrogen-bond donors (Lipinski definition) is 0. The van der Waals surface area contributed by atoms with Crippen molar-refractivity contribution in [1.82, 2.24) is 0 Å². The molecule has 0 N–H and O–H groups in total. The van der Waals surface area contributed by atoms with Gasteiger partial charge in [0.2, 0.25) is 10.0 Å². The van der Waals surface area contributed by atoms with Crippen LogP contribution >= 0.6 is 0 Å². The van der Waals surface area contributed by atoms with Crippen LogP contribution in [0.5, 0.6) is 0 Å². The first kappa shape index (κ1) is 19.8. The maximum Gasteiger partial charge on any atom is 0.271 e. The fraction of sp³-hybridized carbons (Fsp3) is 0.316. The van der Waals surface area contributed by atoms with Crippen LogP contribution in [0.15, 0.2) is 48.5 Å². The summed E-state index contributed by atoms with van der Waals surface area (Å²) < 4.78 is 26.1. The van der Waals surface area contributed by atoms with E-state index < -0.39 is 21.0 Å². The molecule has 2 aromatic carbocycles. The molecular formula is C19H21N3O5S. The van der Waals surface area contributed by atoms with Gasteiger partial charge in [-0.1, -0.05) is 31.2 Å². The minimum absolute atomic E-state index is 0.101. The number of carbonyl (C=O) groups is 1. The van der Waals surface area contributed by atoms with Crippen LogP contribution in [0, 0.1) is 10.1 Å². The molecule has 0 radical (unpaired) electrons. The highest BCUT2D eigenvalue weighted by atomic mass is 32.2. The minimum Gasteiger partial charge on any atom is -0.310 e. The molecule has 148 valence electrons. The van der Waals surface area contributed by atoms with Crippen molar-refractivity contribution in [1.29, 1.82) is 0 Å². The van der Waals surface area contributed by atoms with Gasteiger partial charge in [-0.3, -0.25) is 19.2 Å². The Morgan fingerprint density at radius 1 is 1.25 bits per heavy atom. The van der Waals surface area contributed by atoms with Crippen LogP contribution < -0.4 is 9.21 Å². The summed E-state index contributed by atoms with van der Waals surface area (Å²) in [5, 5.41) is 11.1. The number of nitrogens with zero attached hydrogens (tertiary/aromatic N) is 3. The van der Waals surface area contributed by atoms with Crippen molar-refractivity contribution in [2.24, 2.45) is 0 Å². The number of fused-ring (bicyclic) bond motifs is 1. The summed E-state index contributed by atoms with van der Waals surface area (Å²) in [6, 6.07) is 11.8. The average Bonchev–Trinajstić information content (AvgIpc) is 3.08. The summed E-state index contributed by atoms with van der Waals surface area (Å²) in [4.78, 5) is 25.4. The van der Waals surface area contributed by atoms with Crippen molar-refractivity contribution < 1.29 is 18.1 Å². The van der Waals surface area contributed by atoms with Crippen molar-refractivity contribution in [3.05, 3.63) is 64.2 Å². The molecule has 1 aliphatic rings. The molecule has 0 aromatic heterocycles. The van der Waals surface area contributed by atoms with Gasteiger partial charge in [0.25, 0.3) is 11.6 Å². The minimum atomic E-state index is -3.86. The first-order chi connectivity index (χ1) is 13.2. The third kappa shape index (κ3) is 3.70. The summed E-state index contributed by atoms with van der Waals surface area (Å²) >= 11 is 0. The van der Waals surface area contributed by atoms with Crippen LogP contribution in [0.4, 0.5) is 17.1 Å². The Hall–Kier alpha value is -2.94. The highest BCUT2D eigenvalue weighted by molar-refractivity contribution is 7.92. The lowest BCUT2D eigenvalue weighted by Crippen LogP contribution is -2.50. The number of benzene rings is 2. The Kier molecular flexibility index (Phi) is 5.37. The molecule has 1 heterocycles. The van der Waals surface area contributed by atoms with Gasteiger partial charge in [-0.25, -0.2) is 8.42 Å². The van der Waals surface area contributed by atoms with Gasteiger partial charge in [-0.05, 0) is 30.5 Å². The lowest BCUT2D eigenvalue weighted by molar-refractivity contribution is -0.384. The Morgan fingerprint density at radius 2 is 1.96 bits per heavy atom. The second-order valence-electron chi connectivity index (χ2n) is 6.63. The molecule has 1 unspecified atom stereocenters. The molecule has 0 saturated carbocycles. The second-order valence-corrected chi connectivity index (χ2v) is 8.49. The van der Waals surface area contributed by atoms with Crippen LogP contribution in [0.3, 0.4) is 0 Å². The molecule has 2 aromatic rings. The number of nitro groups is 1. The zero-order valence-electron chi connectivity index (χ0n) is 15.6. The largest absolute Gasteiger partial charge is 0.310 e. The van der Waals surface area contributed by atoms with Gasteiger partial charge in [0, 0.05) is 24.4 Å². The number of sulfonamides is 1. The van der Waals surface area contributed by atoms with Gasteiger partial charge < -0.3 is 4.90 Å². The van der Waals surface area contributed by atoms with Gasteiger partial charge in [0.15, 0.2) is 0 Å². The third-order valence-electron chi connectivity index (χ3n) is 4.76. The van der Waals surface area contributed by atoms with Gasteiger partial charge in [0.05, 0.1) is 16.9 Å². The Morgan fingerprint density at radius 3 is 2.61 bits per heavy atom. The monoisotopic (exact) mass is 403 g/mol. The lowest BCUT2D eigenvalue weighted by Gasteiger charge is -2.32. The standard InChI is InChI=1S/C19H21N3O5S/c1-3-17(19(23)20-12-11-14-7-4-5-10-18(14)20)21(28(2,26)27)15-8-6-9-16(13-15)22(24)25/h4-10,13,17H,3,11-12H2,1-2H3. The van der Waals surface area contributed by atoms with Crippen LogP contribution in [0.25, 0.3) is 0 Å². The van der Waals surface area contributed by atoms with E-state index >= 15 is 0 Å². The molecule has 1 amide bonds. The molecule has 0 spiro atoms. The quantitative estimate of drug-likeness (QED) is 0.545. The maximum absolute atomic E-state index is 13.3. The summed E-state index contributed by atoms with van der Waals surface area (Å²) in [6.07, 6.45) is 1.93. The van der Waals surface area contributed by atoms with Gasteiger partial charge in [-0.15, -0.1) is 0 Å². The molecule has 1 atom stereocenters. The van der Waals surface area contributed by atoms with Crippen LogP contribution in [-0.2, 0) is 21.2 Å². The van der Waals surface area contributed by atoms with Crippen LogP contribution in [0.2, 0.25) is 0 Å². The van der Waals surface area contributed by atoms with E-state index in [1.807, 2.05) is 24.3 Å². The van der Waals surface area contributed by atoms with Crippen molar-refractivity contribution in [3.8, 4) is 0 Å². The Bertz CT molecular complexity index is 1020. The summed E-state index contributed by atoms with van der Waals surface area (Å²) in [6.45, 7) is 2.20.